The maximum absolute atomic E-state index is 12.3. The van der Waals surface area contributed by atoms with Gasteiger partial charge in [0.05, 0.1) is 16.4 Å². The number of aromatic carboxylic acids is 1. The minimum absolute atomic E-state index is 0.283. The molecule has 0 bridgehead atoms. The number of aryl methyl sites for hydroxylation is 2. The molecule has 7 nitrogen and oxygen atoms in total. The Morgan fingerprint density at radius 1 is 1.48 bits per heavy atom. The molecule has 0 spiro atoms. The van der Waals surface area contributed by atoms with E-state index in [2.05, 4.69) is 5.10 Å². The first-order chi connectivity index (χ1) is 9.76. The van der Waals surface area contributed by atoms with Gasteiger partial charge in [-0.3, -0.25) is 4.68 Å². The molecule has 2 aromatic rings. The van der Waals surface area contributed by atoms with Crippen LogP contribution in [0.4, 0.5) is 0 Å². The van der Waals surface area contributed by atoms with Crippen molar-refractivity contribution in [3.63, 3.8) is 0 Å². The number of carbonyl (C=O) groups is 1. The molecule has 0 amide bonds. The van der Waals surface area contributed by atoms with Gasteiger partial charge in [-0.1, -0.05) is 11.6 Å². The van der Waals surface area contributed by atoms with Crippen LogP contribution in [0.1, 0.15) is 28.9 Å². The fraction of sp³-hybridized carbons (Fsp3) is 0.333. The molecule has 2 heterocycles. The monoisotopic (exact) mass is 332 g/mol. The average molecular weight is 333 g/mol. The maximum atomic E-state index is 12.3. The van der Waals surface area contributed by atoms with E-state index in [1.54, 1.807) is 6.92 Å². The second kappa shape index (κ2) is 5.53. The van der Waals surface area contributed by atoms with Crippen molar-refractivity contribution in [1.82, 2.24) is 9.78 Å². The molecule has 0 saturated carbocycles. The quantitative estimate of drug-likeness (QED) is 0.899. The molecule has 0 atom stereocenters. The van der Waals surface area contributed by atoms with Gasteiger partial charge >= 0.3 is 5.97 Å². The molecule has 0 saturated heterocycles. The molecule has 0 aliphatic rings. The van der Waals surface area contributed by atoms with Crippen molar-refractivity contribution < 1.29 is 22.7 Å². The number of carboxylic acids is 1. The number of rotatable bonds is 5. The molecule has 2 rings (SSSR count). The summed E-state index contributed by atoms with van der Waals surface area (Å²) in [7, 11) is -3.84. The van der Waals surface area contributed by atoms with Crippen molar-refractivity contribution in [3.05, 3.63) is 34.3 Å². The van der Waals surface area contributed by atoms with Gasteiger partial charge in [-0.05, 0) is 26.0 Å². The first kappa shape index (κ1) is 15.6. The summed E-state index contributed by atoms with van der Waals surface area (Å²) in [5.41, 5.74) is 0.888. The molecule has 0 radical (unpaired) electrons. The van der Waals surface area contributed by atoms with E-state index in [0.29, 0.717) is 17.9 Å². The summed E-state index contributed by atoms with van der Waals surface area (Å²) in [5.74, 6) is -2.17. The van der Waals surface area contributed by atoms with Crippen LogP contribution in [0.3, 0.4) is 0 Å². The molecule has 21 heavy (non-hydrogen) atoms. The zero-order valence-electron chi connectivity index (χ0n) is 11.3. The summed E-state index contributed by atoms with van der Waals surface area (Å²) in [6.45, 7) is 3.96. The smallest absolute Gasteiger partial charge is 0.371 e. The van der Waals surface area contributed by atoms with Crippen LogP contribution in [0.5, 0.6) is 0 Å². The van der Waals surface area contributed by atoms with Crippen LogP contribution in [-0.2, 0) is 22.1 Å². The van der Waals surface area contributed by atoms with Gasteiger partial charge in [-0.15, -0.1) is 0 Å². The highest BCUT2D eigenvalue weighted by atomic mass is 35.5. The number of carboxylic acid groups (broad SMARTS) is 1. The first-order valence-corrected chi connectivity index (χ1v) is 8.07. The van der Waals surface area contributed by atoms with E-state index < -0.39 is 32.4 Å². The van der Waals surface area contributed by atoms with Gasteiger partial charge in [0.15, 0.2) is 0 Å². The van der Waals surface area contributed by atoms with E-state index in [1.165, 1.54) is 4.68 Å². The molecule has 0 aliphatic heterocycles. The molecule has 2 aromatic heterocycles. The van der Waals surface area contributed by atoms with Crippen molar-refractivity contribution in [1.29, 1.82) is 0 Å². The van der Waals surface area contributed by atoms with Crippen molar-refractivity contribution in [2.75, 3.05) is 0 Å². The zero-order valence-corrected chi connectivity index (χ0v) is 12.9. The lowest BCUT2D eigenvalue weighted by Gasteiger charge is -2.05. The minimum Gasteiger partial charge on any atom is -0.475 e. The second-order valence-corrected chi connectivity index (χ2v) is 6.64. The highest BCUT2D eigenvalue weighted by Crippen LogP contribution is 2.26. The Balaban J connectivity index is 2.39. The standard InChI is InChI=1S/C12H13ClN2O5S/c1-3-15-8(11(13)7(2)14-15)6-21(18,19)10-5-4-9(20-10)12(16)17/h4-5H,3,6H2,1-2H3,(H,16,17). The molecule has 0 fully saturated rings. The van der Waals surface area contributed by atoms with Crippen LogP contribution in [-0.4, -0.2) is 29.3 Å². The highest BCUT2D eigenvalue weighted by Gasteiger charge is 2.25. The molecule has 1 N–H and O–H groups in total. The fourth-order valence-electron chi connectivity index (χ4n) is 1.86. The molecule has 0 aliphatic carbocycles. The Kier molecular flexibility index (Phi) is 4.11. The van der Waals surface area contributed by atoms with E-state index in [4.69, 9.17) is 21.1 Å². The third-order valence-electron chi connectivity index (χ3n) is 2.88. The van der Waals surface area contributed by atoms with E-state index in [1.807, 2.05) is 6.92 Å². The Morgan fingerprint density at radius 3 is 2.67 bits per heavy atom. The van der Waals surface area contributed by atoms with Gasteiger partial charge in [0, 0.05) is 6.54 Å². The van der Waals surface area contributed by atoms with Gasteiger partial charge < -0.3 is 9.52 Å². The summed E-state index contributed by atoms with van der Waals surface area (Å²) in [4.78, 5) is 10.7. The highest BCUT2D eigenvalue weighted by molar-refractivity contribution is 7.90. The number of nitrogens with zero attached hydrogens (tertiary/aromatic N) is 2. The number of halogens is 1. The number of aromatic nitrogens is 2. The van der Waals surface area contributed by atoms with Crippen LogP contribution >= 0.6 is 11.6 Å². The number of hydrogen-bond donors (Lipinski definition) is 1. The maximum Gasteiger partial charge on any atom is 0.371 e. The van der Waals surface area contributed by atoms with Crippen LogP contribution in [0.15, 0.2) is 21.6 Å². The summed E-state index contributed by atoms with van der Waals surface area (Å²) < 4.78 is 30.9. The lowest BCUT2D eigenvalue weighted by Crippen LogP contribution is -2.10. The van der Waals surface area contributed by atoms with Gasteiger partial charge in [-0.2, -0.15) is 5.10 Å². The lowest BCUT2D eigenvalue weighted by atomic mass is 10.4. The normalized spacial score (nSPS) is 11.8. The molecule has 0 aromatic carbocycles. The third-order valence-corrected chi connectivity index (χ3v) is 4.86. The number of sulfone groups is 1. The van der Waals surface area contributed by atoms with Gasteiger partial charge in [-0.25, -0.2) is 13.2 Å². The topological polar surface area (TPSA) is 102 Å². The van der Waals surface area contributed by atoms with Crippen molar-refractivity contribution in [2.45, 2.75) is 31.2 Å². The van der Waals surface area contributed by atoms with Crippen LogP contribution in [0.25, 0.3) is 0 Å². The van der Waals surface area contributed by atoms with Gasteiger partial charge in [0.1, 0.15) is 5.75 Å². The zero-order chi connectivity index (χ0) is 15.8. The fourth-order valence-corrected chi connectivity index (χ4v) is 3.43. The molecule has 0 unspecified atom stereocenters. The second-order valence-electron chi connectivity index (χ2n) is 4.34. The van der Waals surface area contributed by atoms with Gasteiger partial charge in [0.2, 0.25) is 20.7 Å². The predicted molar refractivity (Wildman–Crippen MR) is 74.2 cm³/mol. The predicted octanol–water partition coefficient (Wildman–Crippen LogP) is 2.13. The summed E-state index contributed by atoms with van der Waals surface area (Å²) >= 11 is 6.07. The first-order valence-electron chi connectivity index (χ1n) is 6.04. The Morgan fingerprint density at radius 2 is 2.14 bits per heavy atom. The molecular weight excluding hydrogens is 320 g/mol. The molecular formula is C12H13ClN2O5S. The molecule has 114 valence electrons. The average Bonchev–Trinajstić information content (AvgIpc) is 3.00. The summed E-state index contributed by atoms with van der Waals surface area (Å²) in [5, 5.41) is 12.8. The van der Waals surface area contributed by atoms with Crippen molar-refractivity contribution >= 4 is 27.4 Å². The summed E-state index contributed by atoms with van der Waals surface area (Å²) in [6, 6.07) is 2.21. The van der Waals surface area contributed by atoms with E-state index in [-0.39, 0.29) is 5.02 Å². The molecule has 9 heteroatoms. The SMILES string of the molecule is CCn1nc(C)c(Cl)c1CS(=O)(=O)c1ccc(C(=O)O)o1. The Labute approximate surface area is 126 Å². The number of hydrogen-bond acceptors (Lipinski definition) is 5. The van der Waals surface area contributed by atoms with E-state index in [9.17, 15) is 13.2 Å². The van der Waals surface area contributed by atoms with Crippen LogP contribution in [0.2, 0.25) is 5.02 Å². The van der Waals surface area contributed by atoms with Crippen LogP contribution in [0, 0.1) is 6.92 Å². The summed E-state index contributed by atoms with van der Waals surface area (Å²) in [6.07, 6.45) is 0. The number of furan rings is 1. The van der Waals surface area contributed by atoms with Gasteiger partial charge in [0.25, 0.3) is 0 Å². The van der Waals surface area contributed by atoms with E-state index >= 15 is 0 Å². The van der Waals surface area contributed by atoms with Crippen molar-refractivity contribution in [3.8, 4) is 0 Å². The minimum atomic E-state index is -3.84. The Hall–Kier alpha value is -1.80. The largest absolute Gasteiger partial charge is 0.475 e. The third kappa shape index (κ3) is 2.96. The van der Waals surface area contributed by atoms with E-state index in [0.717, 1.165) is 12.1 Å². The van der Waals surface area contributed by atoms with Crippen molar-refractivity contribution in [2.24, 2.45) is 0 Å². The van der Waals surface area contributed by atoms with Crippen LogP contribution < -0.4 is 0 Å². The Bertz CT molecular complexity index is 791. The lowest BCUT2D eigenvalue weighted by molar-refractivity contribution is 0.0656.